The number of nitrogens with one attached hydrogen (secondary N) is 1. The maximum atomic E-state index is 11.0. The summed E-state index contributed by atoms with van der Waals surface area (Å²) < 4.78 is 0. The number of amides is 1. The van der Waals surface area contributed by atoms with E-state index in [4.69, 9.17) is 11.6 Å². The smallest absolute Gasteiger partial charge is 0.258 e. The SMILES string of the molecule is O=C1CSC(Nc2cc3nccnc3cc2Cl)=N1. The number of benzene rings is 1. The van der Waals surface area contributed by atoms with Crippen LogP contribution in [0.1, 0.15) is 0 Å². The van der Waals surface area contributed by atoms with Gasteiger partial charge in [0.05, 0.1) is 27.5 Å². The number of thioether (sulfide) groups is 1. The average Bonchev–Trinajstić information content (AvgIpc) is 2.76. The van der Waals surface area contributed by atoms with Crippen molar-refractivity contribution < 1.29 is 4.79 Å². The Kier molecular flexibility index (Phi) is 2.89. The standard InChI is InChI=1S/C11H7ClN4OS/c12-6-3-8-9(14-2-1-13-8)4-7(6)15-11-16-10(17)5-18-11/h1-4H,5H2,(H,15,16,17). The lowest BCUT2D eigenvalue weighted by Gasteiger charge is -2.07. The van der Waals surface area contributed by atoms with Crippen LogP contribution in [0.4, 0.5) is 5.69 Å². The summed E-state index contributed by atoms with van der Waals surface area (Å²) in [5, 5.41) is 4.10. The molecule has 3 rings (SSSR count). The zero-order chi connectivity index (χ0) is 12.5. The van der Waals surface area contributed by atoms with Crippen molar-refractivity contribution in [3.63, 3.8) is 0 Å². The van der Waals surface area contributed by atoms with Crippen molar-refractivity contribution in [1.29, 1.82) is 0 Å². The van der Waals surface area contributed by atoms with Crippen molar-refractivity contribution in [3.8, 4) is 0 Å². The zero-order valence-electron chi connectivity index (χ0n) is 9.05. The molecule has 1 N–H and O–H groups in total. The van der Waals surface area contributed by atoms with Gasteiger partial charge >= 0.3 is 0 Å². The van der Waals surface area contributed by atoms with Crippen LogP contribution in [0.2, 0.25) is 5.02 Å². The van der Waals surface area contributed by atoms with Crippen LogP contribution < -0.4 is 5.32 Å². The number of aliphatic imine (C=N–C) groups is 1. The number of carbonyl (C=O) groups excluding carboxylic acids is 1. The molecule has 0 fully saturated rings. The van der Waals surface area contributed by atoms with Crippen LogP contribution in [0.3, 0.4) is 0 Å². The Morgan fingerprint density at radius 3 is 2.61 bits per heavy atom. The highest BCUT2D eigenvalue weighted by molar-refractivity contribution is 8.15. The third-order valence-corrected chi connectivity index (χ3v) is 3.53. The van der Waals surface area contributed by atoms with Gasteiger partial charge in [-0.05, 0) is 12.1 Å². The number of anilines is 1. The van der Waals surface area contributed by atoms with Gasteiger partial charge in [0.1, 0.15) is 0 Å². The van der Waals surface area contributed by atoms with Crippen LogP contribution in [-0.4, -0.2) is 26.8 Å². The number of carbonyl (C=O) groups is 1. The Morgan fingerprint density at radius 1 is 1.22 bits per heavy atom. The maximum Gasteiger partial charge on any atom is 0.258 e. The number of fused-ring (bicyclic) bond motifs is 1. The van der Waals surface area contributed by atoms with Crippen LogP contribution in [-0.2, 0) is 4.79 Å². The summed E-state index contributed by atoms with van der Waals surface area (Å²) in [6, 6.07) is 3.52. The van der Waals surface area contributed by atoms with Gasteiger partial charge in [-0.15, -0.1) is 0 Å². The molecule has 0 saturated heterocycles. The van der Waals surface area contributed by atoms with Gasteiger partial charge < -0.3 is 5.32 Å². The molecular weight excluding hydrogens is 272 g/mol. The molecule has 0 atom stereocenters. The normalized spacial score (nSPS) is 14.9. The van der Waals surface area contributed by atoms with Crippen molar-refractivity contribution in [2.45, 2.75) is 0 Å². The first-order valence-corrected chi connectivity index (χ1v) is 6.50. The summed E-state index contributed by atoms with van der Waals surface area (Å²) in [6.07, 6.45) is 3.23. The fraction of sp³-hybridized carbons (Fsp3) is 0.0909. The minimum absolute atomic E-state index is 0.140. The van der Waals surface area contributed by atoms with Crippen LogP contribution >= 0.6 is 23.4 Å². The average molecular weight is 279 g/mol. The molecule has 1 aliphatic rings. The summed E-state index contributed by atoms with van der Waals surface area (Å²) in [4.78, 5) is 23.2. The molecule has 90 valence electrons. The molecule has 0 spiro atoms. The minimum Gasteiger partial charge on any atom is -0.333 e. The van der Waals surface area contributed by atoms with E-state index in [2.05, 4.69) is 20.3 Å². The Labute approximate surface area is 112 Å². The number of hydrogen-bond acceptors (Lipinski definition) is 5. The van der Waals surface area contributed by atoms with E-state index >= 15 is 0 Å². The lowest BCUT2D eigenvalue weighted by Crippen LogP contribution is -2.05. The molecule has 0 bridgehead atoms. The first kappa shape index (κ1) is 11.4. The molecule has 1 amide bonds. The molecule has 1 aliphatic heterocycles. The second-order valence-corrected chi connectivity index (χ2v) is 4.97. The molecule has 0 radical (unpaired) electrons. The van der Waals surface area contributed by atoms with Crippen LogP contribution in [0.5, 0.6) is 0 Å². The van der Waals surface area contributed by atoms with Crippen molar-refractivity contribution in [2.75, 3.05) is 11.1 Å². The lowest BCUT2D eigenvalue weighted by atomic mass is 10.2. The van der Waals surface area contributed by atoms with Crippen LogP contribution in [0.15, 0.2) is 29.5 Å². The molecule has 0 saturated carbocycles. The van der Waals surface area contributed by atoms with Gasteiger partial charge in [0.2, 0.25) is 0 Å². The third kappa shape index (κ3) is 2.16. The topological polar surface area (TPSA) is 67.2 Å². The zero-order valence-corrected chi connectivity index (χ0v) is 10.6. The summed E-state index contributed by atoms with van der Waals surface area (Å²) in [7, 11) is 0. The molecule has 1 aromatic heterocycles. The number of aromatic nitrogens is 2. The summed E-state index contributed by atoms with van der Waals surface area (Å²) in [6.45, 7) is 0. The predicted molar refractivity (Wildman–Crippen MR) is 73.1 cm³/mol. The molecule has 0 aliphatic carbocycles. The van der Waals surface area contributed by atoms with Gasteiger partial charge in [-0.2, -0.15) is 4.99 Å². The molecule has 2 heterocycles. The Bertz CT molecular complexity index is 673. The van der Waals surface area contributed by atoms with Crippen molar-refractivity contribution in [3.05, 3.63) is 29.5 Å². The third-order valence-electron chi connectivity index (χ3n) is 2.36. The lowest BCUT2D eigenvalue weighted by molar-refractivity contribution is -0.115. The van der Waals surface area contributed by atoms with Crippen LogP contribution in [0, 0.1) is 0 Å². The van der Waals surface area contributed by atoms with E-state index in [1.165, 1.54) is 11.8 Å². The molecule has 7 heteroatoms. The Balaban J connectivity index is 1.99. The largest absolute Gasteiger partial charge is 0.333 e. The quantitative estimate of drug-likeness (QED) is 0.867. The van der Waals surface area contributed by atoms with E-state index in [1.54, 1.807) is 24.5 Å². The van der Waals surface area contributed by atoms with Crippen LogP contribution in [0.25, 0.3) is 11.0 Å². The number of hydrogen-bond donors (Lipinski definition) is 1. The second kappa shape index (κ2) is 4.55. The molecule has 2 aromatic rings. The van der Waals surface area contributed by atoms with Gasteiger partial charge in [-0.3, -0.25) is 14.8 Å². The monoisotopic (exact) mass is 278 g/mol. The Hall–Kier alpha value is -1.66. The first-order valence-electron chi connectivity index (χ1n) is 5.14. The van der Waals surface area contributed by atoms with Gasteiger partial charge in [0.15, 0.2) is 5.17 Å². The number of nitrogens with zero attached hydrogens (tertiary/aromatic N) is 3. The van der Waals surface area contributed by atoms with Gasteiger partial charge in [0, 0.05) is 12.4 Å². The fourth-order valence-electron chi connectivity index (χ4n) is 1.57. The van der Waals surface area contributed by atoms with E-state index < -0.39 is 0 Å². The molecular formula is C11H7ClN4OS. The highest BCUT2D eigenvalue weighted by Crippen LogP contribution is 2.27. The van der Waals surface area contributed by atoms with Crippen molar-refractivity contribution in [2.24, 2.45) is 4.99 Å². The fourth-order valence-corrected chi connectivity index (χ4v) is 2.45. The number of rotatable bonds is 1. The maximum absolute atomic E-state index is 11.0. The van der Waals surface area contributed by atoms with E-state index in [9.17, 15) is 4.79 Å². The summed E-state index contributed by atoms with van der Waals surface area (Å²) >= 11 is 7.49. The van der Waals surface area contributed by atoms with Gasteiger partial charge in [0.25, 0.3) is 5.91 Å². The van der Waals surface area contributed by atoms with Gasteiger partial charge in [-0.1, -0.05) is 23.4 Å². The predicted octanol–water partition coefficient (Wildman–Crippen LogP) is 2.32. The van der Waals surface area contributed by atoms with Crippen molar-refractivity contribution >= 4 is 51.2 Å². The molecule has 18 heavy (non-hydrogen) atoms. The second-order valence-electron chi connectivity index (χ2n) is 3.60. The minimum atomic E-state index is -0.140. The highest BCUT2D eigenvalue weighted by Gasteiger charge is 2.16. The summed E-state index contributed by atoms with van der Waals surface area (Å²) in [5.41, 5.74) is 2.13. The Morgan fingerprint density at radius 2 is 1.94 bits per heavy atom. The first-order chi connectivity index (χ1) is 8.72. The summed E-state index contributed by atoms with van der Waals surface area (Å²) in [5.74, 6) is 0.229. The number of halogens is 1. The molecule has 0 unspecified atom stereocenters. The molecule has 5 nitrogen and oxygen atoms in total. The van der Waals surface area contributed by atoms with E-state index in [0.717, 1.165) is 11.0 Å². The number of amidine groups is 1. The molecule has 1 aromatic carbocycles. The highest BCUT2D eigenvalue weighted by atomic mass is 35.5. The van der Waals surface area contributed by atoms with E-state index in [0.29, 0.717) is 21.6 Å². The van der Waals surface area contributed by atoms with Crippen molar-refractivity contribution in [1.82, 2.24) is 9.97 Å². The van der Waals surface area contributed by atoms with E-state index in [1.807, 2.05) is 0 Å². The van der Waals surface area contributed by atoms with E-state index in [-0.39, 0.29) is 5.91 Å². The van der Waals surface area contributed by atoms with Gasteiger partial charge in [-0.25, -0.2) is 0 Å².